The van der Waals surface area contributed by atoms with Crippen molar-refractivity contribution in [3.05, 3.63) is 29.8 Å². The van der Waals surface area contributed by atoms with Gasteiger partial charge in [0.1, 0.15) is 5.75 Å². The Bertz CT molecular complexity index is 614. The number of rotatable bonds is 6. The number of phenols is 1. The fourth-order valence-corrected chi connectivity index (χ4v) is 1.78. The minimum Gasteiger partial charge on any atom is -0.508 e. The molecule has 1 aromatic carbocycles. The van der Waals surface area contributed by atoms with Crippen molar-refractivity contribution >= 4 is 18.1 Å². The smallest absolute Gasteiger partial charge is 0.416 e. The van der Waals surface area contributed by atoms with Crippen molar-refractivity contribution in [2.45, 2.75) is 34.2 Å². The van der Waals surface area contributed by atoms with Crippen LogP contribution in [0.15, 0.2) is 24.3 Å². The highest BCUT2D eigenvalue weighted by atomic mass is 16.6. The zero-order valence-corrected chi connectivity index (χ0v) is 15.6. The number of benzene rings is 1. The van der Waals surface area contributed by atoms with Crippen LogP contribution in [0.4, 0.5) is 9.59 Å². The van der Waals surface area contributed by atoms with Gasteiger partial charge in [0.15, 0.2) is 0 Å². The summed E-state index contributed by atoms with van der Waals surface area (Å²) in [4.78, 5) is 25.1. The molecule has 3 N–H and O–H groups in total. The summed E-state index contributed by atoms with van der Waals surface area (Å²) >= 11 is 0. The van der Waals surface area contributed by atoms with E-state index >= 15 is 0 Å². The van der Waals surface area contributed by atoms with Crippen LogP contribution < -0.4 is 5.32 Å². The summed E-state index contributed by atoms with van der Waals surface area (Å²) in [6.07, 6.45) is -1.56. The third kappa shape index (κ3) is 7.87. The number of hydrogen-bond donors (Lipinski definition) is 3. The lowest BCUT2D eigenvalue weighted by molar-refractivity contribution is 0.107. The van der Waals surface area contributed by atoms with E-state index < -0.39 is 18.1 Å². The standard InChI is InChI=1S/C18H27N3O5/c1-12(2)10-25-17(23)20-16(19)21(18(24)26-11-13(3)4)9-14-5-7-15(22)8-6-14/h5-8,12-13,22H,9-11H2,1-4H3,(H2,19,20,23). The van der Waals surface area contributed by atoms with Crippen LogP contribution >= 0.6 is 0 Å². The summed E-state index contributed by atoms with van der Waals surface area (Å²) in [5.41, 5.74) is 0.659. The van der Waals surface area contributed by atoms with Gasteiger partial charge in [0.05, 0.1) is 19.8 Å². The highest BCUT2D eigenvalue weighted by Crippen LogP contribution is 2.13. The lowest BCUT2D eigenvalue weighted by Gasteiger charge is -2.23. The van der Waals surface area contributed by atoms with Gasteiger partial charge in [-0.25, -0.2) is 14.5 Å². The Kier molecular flexibility index (Phi) is 8.41. The molecule has 8 nitrogen and oxygen atoms in total. The van der Waals surface area contributed by atoms with E-state index in [4.69, 9.17) is 14.9 Å². The monoisotopic (exact) mass is 365 g/mol. The van der Waals surface area contributed by atoms with Crippen molar-refractivity contribution in [2.75, 3.05) is 13.2 Å². The SMILES string of the molecule is CC(C)COC(=O)NC(=N)N(Cc1ccc(O)cc1)C(=O)OCC(C)C. The van der Waals surface area contributed by atoms with Crippen molar-refractivity contribution < 1.29 is 24.2 Å². The van der Waals surface area contributed by atoms with Gasteiger partial charge in [-0.15, -0.1) is 0 Å². The van der Waals surface area contributed by atoms with Gasteiger partial charge in [0, 0.05) is 0 Å². The second-order valence-corrected chi connectivity index (χ2v) is 6.69. The van der Waals surface area contributed by atoms with Crippen LogP contribution in [0.1, 0.15) is 33.3 Å². The molecule has 0 aliphatic rings. The molecule has 0 heterocycles. The van der Waals surface area contributed by atoms with Gasteiger partial charge >= 0.3 is 12.2 Å². The number of guanidine groups is 1. The van der Waals surface area contributed by atoms with Gasteiger partial charge in [-0.1, -0.05) is 39.8 Å². The molecule has 0 saturated heterocycles. The van der Waals surface area contributed by atoms with E-state index in [1.54, 1.807) is 12.1 Å². The number of ether oxygens (including phenoxy) is 2. The molecule has 8 heteroatoms. The quantitative estimate of drug-likeness (QED) is 0.529. The molecule has 0 aliphatic carbocycles. The molecular weight excluding hydrogens is 338 g/mol. The summed E-state index contributed by atoms with van der Waals surface area (Å²) < 4.78 is 10.1. The minimum absolute atomic E-state index is 0.000498. The fraction of sp³-hybridized carbons (Fsp3) is 0.500. The van der Waals surface area contributed by atoms with Crippen LogP contribution in [0.25, 0.3) is 0 Å². The van der Waals surface area contributed by atoms with Gasteiger partial charge in [0.2, 0.25) is 5.96 Å². The maximum absolute atomic E-state index is 12.3. The molecule has 0 unspecified atom stereocenters. The summed E-state index contributed by atoms with van der Waals surface area (Å²) in [5.74, 6) is -0.0691. The number of carbonyl (C=O) groups excluding carboxylic acids is 2. The maximum atomic E-state index is 12.3. The minimum atomic E-state index is -0.809. The Morgan fingerprint density at radius 2 is 1.62 bits per heavy atom. The van der Waals surface area contributed by atoms with E-state index in [1.165, 1.54) is 12.1 Å². The third-order valence-electron chi connectivity index (χ3n) is 3.08. The Hall–Kier alpha value is -2.77. The second-order valence-electron chi connectivity index (χ2n) is 6.69. The molecule has 0 aromatic heterocycles. The predicted molar refractivity (Wildman–Crippen MR) is 96.9 cm³/mol. The number of nitrogens with one attached hydrogen (secondary N) is 2. The average molecular weight is 365 g/mol. The molecule has 26 heavy (non-hydrogen) atoms. The maximum Gasteiger partial charge on any atom is 0.416 e. The number of nitrogens with zero attached hydrogens (tertiary/aromatic N) is 1. The van der Waals surface area contributed by atoms with E-state index in [1.807, 2.05) is 27.7 Å². The van der Waals surface area contributed by atoms with E-state index in [2.05, 4.69) is 5.32 Å². The number of aromatic hydroxyl groups is 1. The van der Waals surface area contributed by atoms with E-state index in [9.17, 15) is 14.7 Å². The van der Waals surface area contributed by atoms with Crippen LogP contribution in [-0.2, 0) is 16.0 Å². The van der Waals surface area contributed by atoms with Crippen LogP contribution in [-0.4, -0.2) is 41.4 Å². The lowest BCUT2D eigenvalue weighted by atomic mass is 10.2. The third-order valence-corrected chi connectivity index (χ3v) is 3.08. The highest BCUT2D eigenvalue weighted by molar-refractivity contribution is 5.99. The molecule has 1 rings (SSSR count). The topological polar surface area (TPSA) is 112 Å². The first-order valence-electron chi connectivity index (χ1n) is 8.43. The number of amides is 2. The molecule has 0 aliphatic heterocycles. The van der Waals surface area contributed by atoms with E-state index in [0.717, 1.165) is 4.90 Å². The normalized spacial score (nSPS) is 10.5. The predicted octanol–water partition coefficient (Wildman–Crippen LogP) is 3.30. The number of alkyl carbamates (subject to hydrolysis) is 1. The second kappa shape index (κ2) is 10.3. The summed E-state index contributed by atoms with van der Waals surface area (Å²) in [6, 6.07) is 6.17. The van der Waals surface area contributed by atoms with Crippen molar-refractivity contribution in [2.24, 2.45) is 11.8 Å². The van der Waals surface area contributed by atoms with Gasteiger partial charge < -0.3 is 14.6 Å². The number of phenolic OH excluding ortho intramolecular Hbond substituents is 1. The zero-order chi connectivity index (χ0) is 19.7. The van der Waals surface area contributed by atoms with E-state index in [-0.39, 0.29) is 37.3 Å². The lowest BCUT2D eigenvalue weighted by Crippen LogP contribution is -2.47. The number of hydrogen-bond acceptors (Lipinski definition) is 6. The van der Waals surface area contributed by atoms with Gasteiger partial charge in [0.25, 0.3) is 0 Å². The first-order chi connectivity index (χ1) is 12.2. The molecule has 0 bridgehead atoms. The molecule has 0 fully saturated rings. The van der Waals surface area contributed by atoms with Gasteiger partial charge in [-0.3, -0.25) is 10.7 Å². The zero-order valence-electron chi connectivity index (χ0n) is 15.6. The average Bonchev–Trinajstić information content (AvgIpc) is 2.57. The Balaban J connectivity index is 2.81. The van der Waals surface area contributed by atoms with Gasteiger partial charge in [-0.05, 0) is 29.5 Å². The van der Waals surface area contributed by atoms with E-state index in [0.29, 0.717) is 5.56 Å². The molecule has 0 saturated carbocycles. The summed E-state index contributed by atoms with van der Waals surface area (Å²) in [7, 11) is 0. The van der Waals surface area contributed by atoms with Crippen LogP contribution in [0.3, 0.4) is 0 Å². The molecule has 0 atom stereocenters. The molecule has 0 spiro atoms. The summed E-state index contributed by atoms with van der Waals surface area (Å²) in [5, 5.41) is 19.6. The van der Waals surface area contributed by atoms with Crippen molar-refractivity contribution in [3.8, 4) is 5.75 Å². The van der Waals surface area contributed by atoms with Crippen LogP contribution in [0, 0.1) is 17.2 Å². The molecule has 1 aromatic rings. The Morgan fingerprint density at radius 1 is 1.08 bits per heavy atom. The van der Waals surface area contributed by atoms with Crippen molar-refractivity contribution in [1.82, 2.24) is 10.2 Å². The van der Waals surface area contributed by atoms with Crippen LogP contribution in [0.5, 0.6) is 5.75 Å². The highest BCUT2D eigenvalue weighted by Gasteiger charge is 2.23. The first-order valence-corrected chi connectivity index (χ1v) is 8.43. The fourth-order valence-electron chi connectivity index (χ4n) is 1.78. The summed E-state index contributed by atoms with van der Waals surface area (Å²) in [6.45, 7) is 7.96. The molecule has 2 amide bonds. The van der Waals surface area contributed by atoms with Crippen LogP contribution in [0.2, 0.25) is 0 Å². The largest absolute Gasteiger partial charge is 0.508 e. The van der Waals surface area contributed by atoms with Crippen molar-refractivity contribution in [3.63, 3.8) is 0 Å². The molecule has 0 radical (unpaired) electrons. The first kappa shape index (κ1) is 21.3. The molecular formula is C18H27N3O5. The van der Waals surface area contributed by atoms with Gasteiger partial charge in [-0.2, -0.15) is 0 Å². The Labute approximate surface area is 153 Å². The van der Waals surface area contributed by atoms with Crippen molar-refractivity contribution in [1.29, 1.82) is 5.41 Å². The molecule has 144 valence electrons. The number of carbonyl (C=O) groups is 2. The Morgan fingerprint density at radius 3 is 2.15 bits per heavy atom.